The molecular weight excluding hydrogens is 321 g/mol. The maximum Gasteiger partial charge on any atom is 0.405 e. The van der Waals surface area contributed by atoms with Gasteiger partial charge >= 0.3 is 6.09 Å². The molecule has 0 bridgehead atoms. The lowest BCUT2D eigenvalue weighted by Gasteiger charge is -2.40. The zero-order valence-electron chi connectivity index (χ0n) is 14.6. The normalized spacial score (nSPS) is 18.3. The van der Waals surface area contributed by atoms with E-state index in [1.807, 2.05) is 18.2 Å². The first kappa shape index (κ1) is 17.3. The van der Waals surface area contributed by atoms with Gasteiger partial charge in [-0.05, 0) is 47.1 Å². The van der Waals surface area contributed by atoms with Crippen LogP contribution in [0.25, 0.3) is 11.1 Å². The Kier molecular flexibility index (Phi) is 4.41. The number of halogens is 1. The van der Waals surface area contributed by atoms with Crippen LogP contribution in [0.15, 0.2) is 36.4 Å². The Morgan fingerprint density at radius 2 is 2.04 bits per heavy atom. The Labute approximate surface area is 146 Å². The Morgan fingerprint density at radius 3 is 2.68 bits per heavy atom. The fraction of sp³-hybridized carbons (Fsp3) is 0.350. The van der Waals surface area contributed by atoms with Gasteiger partial charge in [0, 0.05) is 11.6 Å². The third-order valence-electron chi connectivity index (χ3n) is 5.03. The van der Waals surface area contributed by atoms with Gasteiger partial charge in [0.25, 0.3) is 0 Å². The molecule has 1 aliphatic carbocycles. The van der Waals surface area contributed by atoms with Crippen molar-refractivity contribution in [2.45, 2.75) is 32.7 Å². The molecule has 1 amide bonds. The lowest BCUT2D eigenvalue weighted by Crippen LogP contribution is -2.40. The van der Waals surface area contributed by atoms with Crippen LogP contribution in [0.1, 0.15) is 37.4 Å². The number of hydrogen-bond donors (Lipinski definition) is 2. The van der Waals surface area contributed by atoms with Gasteiger partial charge in [-0.3, -0.25) is 0 Å². The van der Waals surface area contributed by atoms with Crippen molar-refractivity contribution in [2.24, 2.45) is 5.41 Å². The summed E-state index contributed by atoms with van der Waals surface area (Å²) in [5, 5.41) is 11.8. The minimum atomic E-state index is -1.03. The molecule has 1 aliphatic rings. The van der Waals surface area contributed by atoms with E-state index in [0.717, 1.165) is 29.5 Å². The highest BCUT2D eigenvalue weighted by molar-refractivity contribution is 5.68. The third kappa shape index (κ3) is 3.31. The van der Waals surface area contributed by atoms with Crippen molar-refractivity contribution < 1.29 is 19.0 Å². The second-order valence-electron chi connectivity index (χ2n) is 7.13. The molecule has 0 radical (unpaired) electrons. The van der Waals surface area contributed by atoms with E-state index in [1.54, 1.807) is 12.1 Å². The molecule has 0 saturated carbocycles. The van der Waals surface area contributed by atoms with Crippen LogP contribution in [0.5, 0.6) is 5.75 Å². The number of rotatable bonds is 3. The van der Waals surface area contributed by atoms with Gasteiger partial charge in [-0.2, -0.15) is 0 Å². The minimum absolute atomic E-state index is 0.168. The van der Waals surface area contributed by atoms with Crippen molar-refractivity contribution in [3.05, 3.63) is 53.3 Å². The first-order chi connectivity index (χ1) is 11.8. The number of amides is 1. The van der Waals surface area contributed by atoms with E-state index in [1.165, 1.54) is 13.2 Å². The van der Waals surface area contributed by atoms with Crippen molar-refractivity contribution in [1.82, 2.24) is 5.32 Å². The first-order valence-electron chi connectivity index (χ1n) is 8.28. The molecule has 0 aromatic heterocycles. The fourth-order valence-corrected chi connectivity index (χ4v) is 3.55. The summed E-state index contributed by atoms with van der Waals surface area (Å²) in [5.74, 6) is 0.141. The molecule has 0 heterocycles. The molecule has 2 aromatic carbocycles. The van der Waals surface area contributed by atoms with E-state index in [4.69, 9.17) is 9.84 Å². The molecule has 0 saturated heterocycles. The van der Waals surface area contributed by atoms with Crippen LogP contribution in [0, 0.1) is 11.2 Å². The molecule has 3 rings (SSSR count). The van der Waals surface area contributed by atoms with Crippen LogP contribution >= 0.6 is 0 Å². The number of fused-ring (bicyclic) bond motifs is 1. The molecule has 0 unspecified atom stereocenters. The number of aryl methyl sites for hydroxylation is 1. The predicted molar refractivity (Wildman–Crippen MR) is 94.4 cm³/mol. The molecule has 2 N–H and O–H groups in total. The Morgan fingerprint density at radius 1 is 1.28 bits per heavy atom. The topological polar surface area (TPSA) is 58.6 Å². The van der Waals surface area contributed by atoms with Crippen LogP contribution in [-0.4, -0.2) is 18.3 Å². The molecule has 5 heteroatoms. The second kappa shape index (κ2) is 6.39. The van der Waals surface area contributed by atoms with E-state index in [9.17, 15) is 9.18 Å². The summed E-state index contributed by atoms with van der Waals surface area (Å²) in [6.07, 6.45) is 0.668. The molecule has 1 atom stereocenters. The van der Waals surface area contributed by atoms with Gasteiger partial charge in [0.15, 0.2) is 0 Å². The van der Waals surface area contributed by atoms with Crippen molar-refractivity contribution in [3.63, 3.8) is 0 Å². The van der Waals surface area contributed by atoms with Crippen LogP contribution in [0.4, 0.5) is 9.18 Å². The molecule has 25 heavy (non-hydrogen) atoms. The molecule has 2 aromatic rings. The Hall–Kier alpha value is -2.56. The number of ether oxygens (including phenoxy) is 1. The molecule has 4 nitrogen and oxygen atoms in total. The summed E-state index contributed by atoms with van der Waals surface area (Å²) in [7, 11) is 1.50. The number of benzene rings is 2. The van der Waals surface area contributed by atoms with E-state index in [0.29, 0.717) is 11.3 Å². The lowest BCUT2D eigenvalue weighted by atomic mass is 9.70. The quantitative estimate of drug-likeness (QED) is 0.843. The van der Waals surface area contributed by atoms with Gasteiger partial charge in [-0.1, -0.05) is 32.0 Å². The van der Waals surface area contributed by atoms with E-state index in [-0.39, 0.29) is 17.3 Å². The van der Waals surface area contributed by atoms with E-state index < -0.39 is 6.09 Å². The fourth-order valence-electron chi connectivity index (χ4n) is 3.55. The van der Waals surface area contributed by atoms with Crippen LogP contribution in [-0.2, 0) is 6.42 Å². The summed E-state index contributed by atoms with van der Waals surface area (Å²) < 4.78 is 19.4. The highest BCUT2D eigenvalue weighted by atomic mass is 19.1. The minimum Gasteiger partial charge on any atom is -0.497 e. The summed E-state index contributed by atoms with van der Waals surface area (Å²) in [6, 6.07) is 10.3. The summed E-state index contributed by atoms with van der Waals surface area (Å²) in [4.78, 5) is 11.2. The van der Waals surface area contributed by atoms with Gasteiger partial charge < -0.3 is 15.2 Å². The largest absolute Gasteiger partial charge is 0.497 e. The van der Waals surface area contributed by atoms with Crippen LogP contribution in [0.2, 0.25) is 0 Å². The monoisotopic (exact) mass is 343 g/mol. The van der Waals surface area contributed by atoms with Crippen LogP contribution < -0.4 is 10.1 Å². The van der Waals surface area contributed by atoms with Crippen molar-refractivity contribution in [1.29, 1.82) is 0 Å². The zero-order valence-corrected chi connectivity index (χ0v) is 14.6. The van der Waals surface area contributed by atoms with Gasteiger partial charge in [0.2, 0.25) is 0 Å². The Balaban J connectivity index is 2.02. The molecular formula is C20H22FNO3. The summed E-state index contributed by atoms with van der Waals surface area (Å²) in [6.45, 7) is 4.13. The summed E-state index contributed by atoms with van der Waals surface area (Å²) in [5.41, 5.74) is 3.16. The SMILES string of the molecule is COc1ccc(-c2ccc3c(c2)CCC(C)(C)[C@@H]3NC(=O)O)c(F)c1. The first-order valence-corrected chi connectivity index (χ1v) is 8.28. The molecule has 132 valence electrons. The number of nitrogens with one attached hydrogen (secondary N) is 1. The van der Waals surface area contributed by atoms with Gasteiger partial charge in [-0.25, -0.2) is 9.18 Å². The summed E-state index contributed by atoms with van der Waals surface area (Å²) >= 11 is 0. The second-order valence-corrected chi connectivity index (χ2v) is 7.13. The highest BCUT2D eigenvalue weighted by Gasteiger charge is 2.37. The number of carbonyl (C=O) groups is 1. The number of methoxy groups -OCH3 is 1. The predicted octanol–water partition coefficient (Wildman–Crippen LogP) is 4.78. The number of carboxylic acid groups (broad SMARTS) is 1. The van der Waals surface area contributed by atoms with Gasteiger partial charge in [0.05, 0.1) is 13.2 Å². The van der Waals surface area contributed by atoms with E-state index in [2.05, 4.69) is 19.2 Å². The van der Waals surface area contributed by atoms with Crippen LogP contribution in [0.3, 0.4) is 0 Å². The third-order valence-corrected chi connectivity index (χ3v) is 5.03. The molecule has 0 fully saturated rings. The van der Waals surface area contributed by atoms with E-state index >= 15 is 0 Å². The lowest BCUT2D eigenvalue weighted by molar-refractivity contribution is 0.161. The van der Waals surface area contributed by atoms with Crippen molar-refractivity contribution in [2.75, 3.05) is 7.11 Å². The smallest absolute Gasteiger partial charge is 0.405 e. The average molecular weight is 343 g/mol. The highest BCUT2D eigenvalue weighted by Crippen LogP contribution is 2.44. The maximum atomic E-state index is 14.4. The average Bonchev–Trinajstić information content (AvgIpc) is 2.57. The van der Waals surface area contributed by atoms with Crippen molar-refractivity contribution in [3.8, 4) is 16.9 Å². The molecule has 0 spiro atoms. The van der Waals surface area contributed by atoms with Gasteiger partial charge in [-0.15, -0.1) is 0 Å². The Bertz CT molecular complexity index is 817. The maximum absolute atomic E-state index is 14.4. The van der Waals surface area contributed by atoms with Crippen molar-refractivity contribution >= 4 is 6.09 Å². The molecule has 0 aliphatic heterocycles. The standard InChI is InChI=1S/C20H22FNO3/c1-20(2)9-8-13-10-12(4-6-16(13)18(20)22-19(23)24)15-7-5-14(25-3)11-17(15)21/h4-7,10-11,18,22H,8-9H2,1-3H3,(H,23,24)/t18-/m1/s1. The van der Waals surface area contributed by atoms with Gasteiger partial charge in [0.1, 0.15) is 11.6 Å². The zero-order chi connectivity index (χ0) is 18.2. The number of hydrogen-bond acceptors (Lipinski definition) is 2.